The molecule has 3 rings (SSSR count). The molecule has 0 aliphatic carbocycles. The average molecular weight is 1680 g/mol. The van der Waals surface area contributed by atoms with Crippen LogP contribution in [0.1, 0.15) is 116 Å². The Labute approximate surface area is 680 Å². The highest BCUT2D eigenvalue weighted by atomic mass is 16.4. The van der Waals surface area contributed by atoms with Crippen molar-refractivity contribution >= 4 is 118 Å². The van der Waals surface area contributed by atoms with Gasteiger partial charge in [-0.3, -0.25) is 91.7 Å². The SMILES string of the molecule is CC(C)[C@H](NC(=O)[C@H](CC(N)=O)NC(=O)[C@H](Cc1ccc(O)cc1)NC(=O)[C@H](CCCNC(=N)N)NC(=O)[C@H](CCC(=O)O)NC(=O)[C@H](CCC(=O)O)NC(=O)[C@H](CC(N)=O)NC(=O)[C@@H](NC(=O)[C@@H](NC(=O)[C@H](Cc1ccccc1)NC(=O)CN)[C@@H](C)O)[C@@H](C)O)C(=O)N[C@@H](Cc1ccccc1)C(=O)N[C@@H](C)C(=O)N[C@@H](CCC(=O)O)C(=O)O. The van der Waals surface area contributed by atoms with Gasteiger partial charge in [-0.25, -0.2) is 4.79 Å². The second-order valence-electron chi connectivity index (χ2n) is 27.9. The van der Waals surface area contributed by atoms with Crippen LogP contribution in [0, 0.1) is 11.3 Å². The predicted molar refractivity (Wildman–Crippen MR) is 415 cm³/mol. The molecule has 119 heavy (non-hydrogen) atoms. The van der Waals surface area contributed by atoms with Crippen molar-refractivity contribution in [3.8, 4) is 5.75 Å². The standard InChI is InChI=1S/C74H105N19O26/c1-35(2)58(70(115)89-48(30-40-15-10-7-11-16-40)65(110)81-36(3)61(106)86-46(73(118)119)24-27-57(104)105)91-69(114)51(33-53(77)98)88-66(111)49(31-41-18-20-42(96)21-19-41)87-62(107)43(17-12-28-80-74(78)79)83-63(108)44(22-25-55(100)101)84-64(109)45(23-26-56(102)103)85-67(112)50(32-52(76)97)90-71(116)59(37(4)94)93-72(117)60(38(5)95)92-68(113)47(82-54(99)34-75)29-39-13-8-6-9-14-39/h6-11,13-16,18-21,35-38,43-51,58-60,94-96H,12,17,22-34,75H2,1-5H3,(H2,76,97)(H2,77,98)(H,81,110)(H,82,99)(H,83,108)(H,84,109)(H,85,112)(H,86,106)(H,87,107)(H,88,111)(H,89,115)(H,90,116)(H,91,114)(H,92,113)(H,93,117)(H,100,101)(H,102,103)(H,104,105)(H,118,119)(H4,78,79,80)/t36-,37+,38+,43-,44-,45-,46-,47-,48-,49-,50-,51-,58-,59-,60-/m0/s1. The number of phenolic OH excluding ortho intramolecular Hbond substituents is 1. The van der Waals surface area contributed by atoms with Gasteiger partial charge in [-0.2, -0.15) is 0 Å². The molecule has 15 amide bonds. The maximum Gasteiger partial charge on any atom is 0.326 e. The van der Waals surface area contributed by atoms with E-state index in [-0.39, 0.29) is 37.1 Å². The third-order valence-electron chi connectivity index (χ3n) is 17.7. The zero-order chi connectivity index (χ0) is 89.5. The molecular formula is C74H105N19O26. The van der Waals surface area contributed by atoms with E-state index in [2.05, 4.69) is 74.4 Å². The molecule has 3 aromatic carbocycles. The summed E-state index contributed by atoms with van der Waals surface area (Å²) in [5, 5.41) is 110. The Morgan fingerprint density at radius 2 is 0.672 bits per heavy atom. The van der Waals surface area contributed by atoms with Gasteiger partial charge in [0.1, 0.15) is 84.3 Å². The number of aromatic hydroxyl groups is 1. The first-order chi connectivity index (χ1) is 55.9. The second-order valence-corrected chi connectivity index (χ2v) is 27.9. The summed E-state index contributed by atoms with van der Waals surface area (Å²) in [6, 6.07) is -2.61. The Hall–Kier alpha value is -13.5. The number of carbonyl (C=O) groups excluding carboxylic acids is 15. The Morgan fingerprint density at radius 3 is 1.08 bits per heavy atom. The molecule has 15 atom stereocenters. The fourth-order valence-corrected chi connectivity index (χ4v) is 11.3. The number of aliphatic hydroxyl groups excluding tert-OH is 2. The number of benzene rings is 3. The predicted octanol–water partition coefficient (Wildman–Crippen LogP) is -8.19. The molecule has 0 aliphatic rings. The first-order valence-corrected chi connectivity index (χ1v) is 37.3. The van der Waals surface area contributed by atoms with E-state index in [0.29, 0.717) is 11.1 Å². The largest absolute Gasteiger partial charge is 0.508 e. The van der Waals surface area contributed by atoms with Crippen molar-refractivity contribution in [3.05, 3.63) is 102 Å². The van der Waals surface area contributed by atoms with Gasteiger partial charge < -0.3 is 133 Å². The number of aliphatic hydroxyl groups is 2. The molecule has 30 N–H and O–H groups in total. The third kappa shape index (κ3) is 36.9. The first-order valence-electron chi connectivity index (χ1n) is 37.3. The maximum absolute atomic E-state index is 14.8. The summed E-state index contributed by atoms with van der Waals surface area (Å²) in [4.78, 5) is 255. The molecule has 0 saturated heterocycles. The van der Waals surface area contributed by atoms with E-state index in [1.807, 2.05) is 0 Å². The molecule has 0 bridgehead atoms. The number of rotatable bonds is 53. The summed E-state index contributed by atoms with van der Waals surface area (Å²) < 4.78 is 0. The summed E-state index contributed by atoms with van der Waals surface area (Å²) in [5.74, 6) is -26.1. The molecular weight excluding hydrogens is 1570 g/mol. The minimum Gasteiger partial charge on any atom is -0.508 e. The molecule has 652 valence electrons. The number of guanidine groups is 1. The van der Waals surface area contributed by atoms with Crippen molar-refractivity contribution < 1.29 is 127 Å². The molecule has 0 aromatic heterocycles. The first kappa shape index (κ1) is 99.7. The van der Waals surface area contributed by atoms with E-state index in [1.54, 1.807) is 60.7 Å². The number of phenols is 1. The molecule has 45 nitrogen and oxygen atoms in total. The van der Waals surface area contributed by atoms with Crippen molar-refractivity contribution in [2.75, 3.05) is 13.1 Å². The van der Waals surface area contributed by atoms with Gasteiger partial charge in [-0.15, -0.1) is 0 Å². The molecule has 0 radical (unpaired) electrons. The number of hydrogen-bond acceptors (Lipinski definition) is 24. The lowest BCUT2D eigenvalue weighted by Gasteiger charge is -2.29. The fraction of sp³-hybridized carbons (Fsp3) is 0.486. The highest BCUT2D eigenvalue weighted by Gasteiger charge is 2.40. The minimum atomic E-state index is -2.17. The van der Waals surface area contributed by atoms with Gasteiger partial charge in [0.15, 0.2) is 5.96 Å². The highest BCUT2D eigenvalue weighted by molar-refractivity contribution is 6.02. The van der Waals surface area contributed by atoms with Crippen LogP contribution >= 0.6 is 0 Å². The average Bonchev–Trinajstić information content (AvgIpc) is 0.847. The monoisotopic (exact) mass is 1680 g/mol. The Balaban J connectivity index is 2.03. The number of amides is 15. The van der Waals surface area contributed by atoms with Gasteiger partial charge in [-0.05, 0) is 87.6 Å². The normalized spacial score (nSPS) is 14.7. The third-order valence-corrected chi connectivity index (χ3v) is 17.7. The van der Waals surface area contributed by atoms with Crippen LogP contribution in [0.3, 0.4) is 0 Å². The quantitative estimate of drug-likeness (QED) is 0.0142. The zero-order valence-electron chi connectivity index (χ0n) is 65.6. The van der Waals surface area contributed by atoms with Gasteiger partial charge in [0.25, 0.3) is 0 Å². The summed E-state index contributed by atoms with van der Waals surface area (Å²) in [7, 11) is 0. The van der Waals surface area contributed by atoms with Gasteiger partial charge in [0.2, 0.25) is 88.6 Å². The summed E-state index contributed by atoms with van der Waals surface area (Å²) in [6.07, 6.45) is -12.1. The fourth-order valence-electron chi connectivity index (χ4n) is 11.3. The van der Waals surface area contributed by atoms with Crippen molar-refractivity contribution in [2.45, 2.75) is 209 Å². The second kappa shape index (κ2) is 50.1. The van der Waals surface area contributed by atoms with Gasteiger partial charge in [-0.1, -0.05) is 86.6 Å². The molecule has 45 heteroatoms. The van der Waals surface area contributed by atoms with Gasteiger partial charge in [0, 0.05) is 45.1 Å². The number of primary amides is 2. The molecule has 0 saturated carbocycles. The lowest BCUT2D eigenvalue weighted by atomic mass is 9.99. The van der Waals surface area contributed by atoms with Crippen molar-refractivity contribution in [2.24, 2.45) is 28.9 Å². The summed E-state index contributed by atoms with van der Waals surface area (Å²) >= 11 is 0. The van der Waals surface area contributed by atoms with Crippen LogP contribution in [-0.4, -0.2) is 258 Å². The van der Waals surface area contributed by atoms with Crippen molar-refractivity contribution in [3.63, 3.8) is 0 Å². The van der Waals surface area contributed by atoms with E-state index < -0.39 is 286 Å². The van der Waals surface area contributed by atoms with Crippen molar-refractivity contribution in [1.29, 1.82) is 5.41 Å². The van der Waals surface area contributed by atoms with Gasteiger partial charge in [0.05, 0.1) is 31.6 Å². The van der Waals surface area contributed by atoms with E-state index in [9.17, 15) is 122 Å². The highest BCUT2D eigenvalue weighted by Crippen LogP contribution is 2.16. The molecule has 0 spiro atoms. The number of nitrogens with one attached hydrogen (secondary N) is 15. The lowest BCUT2D eigenvalue weighted by Crippen LogP contribution is -2.63. The Bertz CT molecular complexity index is 4080. The topological polar surface area (TPSA) is 762 Å². The van der Waals surface area contributed by atoms with Crippen LogP contribution in [0.15, 0.2) is 84.9 Å². The van der Waals surface area contributed by atoms with E-state index >= 15 is 0 Å². The number of nitrogens with two attached hydrogens (primary N) is 4. The molecule has 0 fully saturated rings. The summed E-state index contributed by atoms with van der Waals surface area (Å²) in [6.45, 7) is 5.38. The van der Waals surface area contributed by atoms with Crippen LogP contribution in [0.4, 0.5) is 0 Å². The Kier molecular flexibility index (Phi) is 42.0. The van der Waals surface area contributed by atoms with Crippen LogP contribution < -0.4 is 97.4 Å². The molecule has 0 unspecified atom stereocenters. The van der Waals surface area contributed by atoms with Crippen LogP contribution in [0.5, 0.6) is 5.75 Å². The number of hydrogen-bond donors (Lipinski definition) is 26. The van der Waals surface area contributed by atoms with Gasteiger partial charge >= 0.3 is 23.9 Å². The lowest BCUT2D eigenvalue weighted by molar-refractivity contribution is -0.143. The summed E-state index contributed by atoms with van der Waals surface area (Å²) in [5.41, 5.74) is 23.2. The zero-order valence-corrected chi connectivity index (χ0v) is 65.6. The molecule has 0 aliphatic heterocycles. The molecule has 3 aromatic rings. The maximum atomic E-state index is 14.8. The smallest absolute Gasteiger partial charge is 0.326 e. The number of aliphatic carboxylic acids is 4. The van der Waals surface area contributed by atoms with E-state index in [0.717, 1.165) is 13.8 Å². The number of carboxylic acid groups (broad SMARTS) is 4. The Morgan fingerprint density at radius 1 is 0.361 bits per heavy atom. The van der Waals surface area contributed by atoms with Crippen LogP contribution in [-0.2, 0) is 110 Å². The van der Waals surface area contributed by atoms with Crippen molar-refractivity contribution in [1.82, 2.24) is 74.4 Å². The van der Waals surface area contributed by atoms with E-state index in [1.165, 1.54) is 45.0 Å². The molecule has 0 heterocycles. The van der Waals surface area contributed by atoms with Crippen LogP contribution in [0.2, 0.25) is 0 Å². The van der Waals surface area contributed by atoms with Crippen LogP contribution in [0.25, 0.3) is 0 Å². The minimum absolute atomic E-state index is 0.141. The number of carboxylic acids is 4. The van der Waals surface area contributed by atoms with E-state index in [4.69, 9.17) is 33.5 Å². The number of carbonyl (C=O) groups is 19.